The van der Waals surface area contributed by atoms with Gasteiger partial charge in [-0.1, -0.05) is 30.9 Å². The van der Waals surface area contributed by atoms with Gasteiger partial charge in [0.05, 0.1) is 15.8 Å². The van der Waals surface area contributed by atoms with Crippen molar-refractivity contribution >= 4 is 22.4 Å². The van der Waals surface area contributed by atoms with Gasteiger partial charge in [0.15, 0.2) is 0 Å². The average Bonchev–Trinajstić information content (AvgIpc) is 2.66. The maximum atomic E-state index is 13.2. The van der Waals surface area contributed by atoms with E-state index in [4.69, 9.17) is 17.3 Å². The molecular weight excluding hydrogens is 285 g/mol. The predicted octanol–water partition coefficient (Wildman–Crippen LogP) is 3.49. The fourth-order valence-electron chi connectivity index (χ4n) is 2.68. The van der Waals surface area contributed by atoms with Gasteiger partial charge in [0.1, 0.15) is 5.82 Å². The van der Waals surface area contributed by atoms with Crippen LogP contribution in [0, 0.1) is 11.7 Å². The quantitative estimate of drug-likeness (QED) is 0.869. The van der Waals surface area contributed by atoms with Crippen LogP contribution in [0.1, 0.15) is 32.1 Å². The Labute approximate surface area is 121 Å². The van der Waals surface area contributed by atoms with E-state index in [1.807, 2.05) is 0 Å². The van der Waals surface area contributed by atoms with E-state index in [9.17, 15) is 8.60 Å². The summed E-state index contributed by atoms with van der Waals surface area (Å²) in [5.74, 6) is -0.189. The van der Waals surface area contributed by atoms with Crippen molar-refractivity contribution in [3.8, 4) is 0 Å². The van der Waals surface area contributed by atoms with Gasteiger partial charge in [-0.2, -0.15) is 0 Å². The average molecular weight is 304 g/mol. The van der Waals surface area contributed by atoms with E-state index < -0.39 is 16.6 Å². The predicted molar refractivity (Wildman–Crippen MR) is 77.2 cm³/mol. The Morgan fingerprint density at radius 2 is 2.05 bits per heavy atom. The molecule has 1 aromatic rings. The van der Waals surface area contributed by atoms with Crippen LogP contribution < -0.4 is 5.73 Å². The number of rotatable bonds is 3. The summed E-state index contributed by atoms with van der Waals surface area (Å²) in [5.41, 5.74) is 5.81. The van der Waals surface area contributed by atoms with Crippen molar-refractivity contribution in [1.82, 2.24) is 0 Å². The van der Waals surface area contributed by atoms with Crippen LogP contribution in [0.5, 0.6) is 0 Å². The first-order valence-electron chi connectivity index (χ1n) is 6.69. The highest BCUT2D eigenvalue weighted by atomic mass is 35.5. The lowest BCUT2D eigenvalue weighted by atomic mass is 10.0. The number of hydrogen-bond donors (Lipinski definition) is 1. The summed E-state index contributed by atoms with van der Waals surface area (Å²) in [6, 6.07) is 4.32. The largest absolute Gasteiger partial charge is 0.330 e. The van der Waals surface area contributed by atoms with Crippen molar-refractivity contribution in [3.63, 3.8) is 0 Å². The topological polar surface area (TPSA) is 43.1 Å². The normalized spacial score (nSPS) is 25.8. The second-order valence-electron chi connectivity index (χ2n) is 5.05. The molecule has 2 N–H and O–H groups in total. The minimum absolute atomic E-state index is 0.0313. The van der Waals surface area contributed by atoms with E-state index in [-0.39, 0.29) is 16.2 Å². The van der Waals surface area contributed by atoms with Crippen LogP contribution in [0.25, 0.3) is 0 Å². The van der Waals surface area contributed by atoms with E-state index in [0.29, 0.717) is 11.4 Å². The molecule has 0 saturated heterocycles. The van der Waals surface area contributed by atoms with Gasteiger partial charge >= 0.3 is 0 Å². The zero-order chi connectivity index (χ0) is 13.8. The zero-order valence-electron chi connectivity index (χ0n) is 10.8. The van der Waals surface area contributed by atoms with Gasteiger partial charge in [0.2, 0.25) is 0 Å². The fraction of sp³-hybridized carbons (Fsp3) is 0.571. The molecule has 1 aliphatic carbocycles. The summed E-state index contributed by atoms with van der Waals surface area (Å²) < 4.78 is 25.8. The summed E-state index contributed by atoms with van der Waals surface area (Å²) in [4.78, 5) is 0.608. The zero-order valence-corrected chi connectivity index (χ0v) is 12.4. The highest BCUT2D eigenvalue weighted by Gasteiger charge is 2.28. The summed E-state index contributed by atoms with van der Waals surface area (Å²) in [6.07, 6.45) is 5.36. The third-order valence-corrected chi connectivity index (χ3v) is 5.97. The molecule has 1 saturated carbocycles. The lowest BCUT2D eigenvalue weighted by Gasteiger charge is -2.23. The van der Waals surface area contributed by atoms with Crippen molar-refractivity contribution in [2.75, 3.05) is 6.54 Å². The highest BCUT2D eigenvalue weighted by molar-refractivity contribution is 7.85. The van der Waals surface area contributed by atoms with Crippen molar-refractivity contribution in [2.24, 2.45) is 11.7 Å². The number of benzene rings is 1. The first kappa shape index (κ1) is 14.9. The number of halogens is 2. The third kappa shape index (κ3) is 3.56. The second-order valence-corrected chi connectivity index (χ2v) is 7.12. The van der Waals surface area contributed by atoms with Crippen LogP contribution in [-0.2, 0) is 10.8 Å². The van der Waals surface area contributed by atoms with E-state index in [2.05, 4.69) is 0 Å². The SMILES string of the molecule is NCC1CCCCCC1S(=O)c1ccc(F)c(Cl)c1. The second kappa shape index (κ2) is 6.82. The molecule has 1 aliphatic rings. The summed E-state index contributed by atoms with van der Waals surface area (Å²) in [7, 11) is -1.16. The lowest BCUT2D eigenvalue weighted by Crippen LogP contribution is -2.30. The molecule has 0 spiro atoms. The third-order valence-electron chi connectivity index (χ3n) is 3.79. The summed E-state index contributed by atoms with van der Waals surface area (Å²) in [6.45, 7) is 0.561. The Hall–Kier alpha value is -0.450. The van der Waals surface area contributed by atoms with Gasteiger partial charge in [-0.05, 0) is 43.5 Å². The molecule has 2 rings (SSSR count). The Kier molecular flexibility index (Phi) is 5.37. The Morgan fingerprint density at radius 3 is 2.74 bits per heavy atom. The Morgan fingerprint density at radius 1 is 1.32 bits per heavy atom. The molecule has 0 amide bonds. The van der Waals surface area contributed by atoms with E-state index >= 15 is 0 Å². The summed E-state index contributed by atoms with van der Waals surface area (Å²) in [5, 5.41) is 0.0952. The van der Waals surface area contributed by atoms with Gasteiger partial charge in [-0.25, -0.2) is 4.39 Å². The summed E-state index contributed by atoms with van der Waals surface area (Å²) >= 11 is 5.77. The molecule has 5 heteroatoms. The first-order valence-corrected chi connectivity index (χ1v) is 8.28. The molecule has 106 valence electrons. The minimum atomic E-state index is -1.16. The molecule has 2 nitrogen and oxygen atoms in total. The fourth-order valence-corrected chi connectivity index (χ4v) is 4.69. The smallest absolute Gasteiger partial charge is 0.141 e. The molecule has 0 bridgehead atoms. The number of hydrogen-bond acceptors (Lipinski definition) is 2. The van der Waals surface area contributed by atoms with Gasteiger partial charge < -0.3 is 5.73 Å². The molecule has 0 radical (unpaired) electrons. The standard InChI is InChI=1S/C14H19ClFNOS/c15-12-8-11(6-7-13(12)16)19(18)14-5-3-1-2-4-10(14)9-17/h6-8,10,14H,1-5,9,17H2. The molecule has 19 heavy (non-hydrogen) atoms. The van der Waals surface area contributed by atoms with Crippen LogP contribution >= 0.6 is 11.6 Å². The molecule has 0 aromatic heterocycles. The molecule has 1 aromatic carbocycles. The van der Waals surface area contributed by atoms with Crippen LogP contribution in [0.3, 0.4) is 0 Å². The Balaban J connectivity index is 2.22. The van der Waals surface area contributed by atoms with Gasteiger partial charge in [-0.15, -0.1) is 0 Å². The minimum Gasteiger partial charge on any atom is -0.330 e. The maximum absolute atomic E-state index is 13.2. The Bertz CT molecular complexity index is 469. The van der Waals surface area contributed by atoms with Gasteiger partial charge in [0.25, 0.3) is 0 Å². The molecular formula is C14H19ClFNOS. The monoisotopic (exact) mass is 303 g/mol. The van der Waals surface area contributed by atoms with Crippen LogP contribution in [0.4, 0.5) is 4.39 Å². The van der Waals surface area contributed by atoms with Crippen molar-refractivity contribution in [2.45, 2.75) is 42.2 Å². The van der Waals surface area contributed by atoms with E-state index in [0.717, 1.165) is 25.7 Å². The van der Waals surface area contributed by atoms with E-state index in [1.54, 1.807) is 6.07 Å². The van der Waals surface area contributed by atoms with Crippen molar-refractivity contribution < 1.29 is 8.60 Å². The maximum Gasteiger partial charge on any atom is 0.141 e. The molecule has 1 fully saturated rings. The molecule has 3 unspecified atom stereocenters. The van der Waals surface area contributed by atoms with Gasteiger partial charge in [-0.3, -0.25) is 4.21 Å². The lowest BCUT2D eigenvalue weighted by molar-refractivity contribution is 0.473. The van der Waals surface area contributed by atoms with Gasteiger partial charge in [0, 0.05) is 10.1 Å². The number of nitrogens with two attached hydrogens (primary N) is 1. The first-order chi connectivity index (χ1) is 9.13. The van der Waals surface area contributed by atoms with Crippen molar-refractivity contribution in [3.05, 3.63) is 29.0 Å². The van der Waals surface area contributed by atoms with E-state index in [1.165, 1.54) is 18.6 Å². The molecule has 3 atom stereocenters. The molecule has 0 heterocycles. The highest BCUT2D eigenvalue weighted by Crippen LogP contribution is 2.30. The van der Waals surface area contributed by atoms with Crippen molar-refractivity contribution in [1.29, 1.82) is 0 Å². The van der Waals surface area contributed by atoms with Crippen LogP contribution in [0.2, 0.25) is 5.02 Å². The molecule has 0 aliphatic heterocycles. The van der Waals surface area contributed by atoms with Crippen LogP contribution in [-0.4, -0.2) is 16.0 Å². The van der Waals surface area contributed by atoms with Crippen LogP contribution in [0.15, 0.2) is 23.1 Å².